The predicted molar refractivity (Wildman–Crippen MR) is 207 cm³/mol. The van der Waals surface area contributed by atoms with E-state index >= 15 is 0 Å². The number of nitrogens with one attached hydrogen (secondary N) is 1. The van der Waals surface area contributed by atoms with Crippen LogP contribution in [0.5, 0.6) is 5.75 Å². The number of hydrogen-bond donors (Lipinski definition) is 1. The van der Waals surface area contributed by atoms with E-state index in [1.165, 1.54) is 23.0 Å². The average Bonchev–Trinajstić information content (AvgIpc) is 3.61. The lowest BCUT2D eigenvalue weighted by atomic mass is 9.93. The number of aromatic nitrogens is 3. The molecule has 4 aromatic rings. The van der Waals surface area contributed by atoms with Gasteiger partial charge in [-0.05, 0) is 89.0 Å². The number of imidazole rings is 1. The Hall–Kier alpha value is -5.45. The minimum absolute atomic E-state index is 0.0373. The number of nitrogens with zero attached hydrogens (tertiary/aromatic N) is 7. The molecule has 2 aromatic carbocycles. The summed E-state index contributed by atoms with van der Waals surface area (Å²) in [5.74, 6) is -3.08. The number of ether oxygens (including phenoxy) is 2. The summed E-state index contributed by atoms with van der Waals surface area (Å²) in [4.78, 5) is 56.1. The van der Waals surface area contributed by atoms with Crippen molar-refractivity contribution in [2.75, 3.05) is 64.2 Å². The summed E-state index contributed by atoms with van der Waals surface area (Å²) in [7, 11) is 0. The summed E-state index contributed by atoms with van der Waals surface area (Å²) in [6, 6.07) is 7.44. The van der Waals surface area contributed by atoms with Crippen molar-refractivity contribution in [1.29, 1.82) is 0 Å². The fraction of sp³-hybridized carbons (Fsp3) is 0.488. The molecule has 58 heavy (non-hydrogen) atoms. The molecule has 0 bridgehead atoms. The molecule has 17 heteroatoms. The number of amides is 3. The third-order valence-electron chi connectivity index (χ3n) is 10.9. The smallest absolute Gasteiger partial charge is 0.410 e. The second-order valence-corrected chi connectivity index (χ2v) is 16.0. The van der Waals surface area contributed by atoms with Crippen LogP contribution in [0.3, 0.4) is 0 Å². The van der Waals surface area contributed by atoms with Gasteiger partial charge in [-0.15, -0.1) is 0 Å². The molecule has 0 saturated carbocycles. The number of halogens is 4. The van der Waals surface area contributed by atoms with Gasteiger partial charge in [0.05, 0.1) is 11.9 Å². The van der Waals surface area contributed by atoms with E-state index < -0.39 is 29.6 Å². The fourth-order valence-electron chi connectivity index (χ4n) is 7.88. The summed E-state index contributed by atoms with van der Waals surface area (Å²) < 4.78 is 65.8. The summed E-state index contributed by atoms with van der Waals surface area (Å²) in [6.45, 7) is 10.0. The SMILES string of the molecule is CCc1cc(Nc2nccn3c(-c4ccc(OC(F)F)c(F)c4F)cnc23)ccc1C(=O)N1CCN(C(=O)C2CCN(CC3CN(C(=O)OC(C)(C)C)C3)CC2)CC1. The van der Waals surface area contributed by atoms with Gasteiger partial charge in [0.15, 0.2) is 23.0 Å². The Morgan fingerprint density at radius 2 is 1.62 bits per heavy atom. The molecule has 1 N–H and O–H groups in total. The molecule has 3 saturated heterocycles. The minimum atomic E-state index is -3.31. The molecule has 3 fully saturated rings. The minimum Gasteiger partial charge on any atom is -0.444 e. The third-order valence-corrected chi connectivity index (χ3v) is 10.9. The summed E-state index contributed by atoms with van der Waals surface area (Å²) >= 11 is 0. The van der Waals surface area contributed by atoms with Crippen LogP contribution in [-0.4, -0.2) is 123 Å². The zero-order chi connectivity index (χ0) is 41.3. The number of fused-ring (bicyclic) bond motifs is 1. The first kappa shape index (κ1) is 40.7. The van der Waals surface area contributed by atoms with Crippen molar-refractivity contribution in [3.63, 3.8) is 0 Å². The molecule has 5 heterocycles. The predicted octanol–water partition coefficient (Wildman–Crippen LogP) is 6.45. The second kappa shape index (κ2) is 16.8. The molecule has 3 amide bonds. The van der Waals surface area contributed by atoms with Crippen LogP contribution in [-0.2, 0) is 16.0 Å². The first-order valence-corrected chi connectivity index (χ1v) is 19.6. The summed E-state index contributed by atoms with van der Waals surface area (Å²) in [5, 5.41) is 3.21. The van der Waals surface area contributed by atoms with Gasteiger partial charge in [0.2, 0.25) is 11.7 Å². The maximum absolute atomic E-state index is 15.0. The van der Waals surface area contributed by atoms with Crippen molar-refractivity contribution >= 4 is 35.1 Å². The molecule has 3 aliphatic rings. The largest absolute Gasteiger partial charge is 0.444 e. The highest BCUT2D eigenvalue weighted by molar-refractivity contribution is 5.96. The van der Waals surface area contributed by atoms with Crippen LogP contribution in [0.4, 0.5) is 33.9 Å². The highest BCUT2D eigenvalue weighted by Gasteiger charge is 2.37. The Labute approximate surface area is 333 Å². The van der Waals surface area contributed by atoms with E-state index in [-0.39, 0.29) is 35.1 Å². The van der Waals surface area contributed by atoms with E-state index in [4.69, 9.17) is 4.74 Å². The van der Waals surface area contributed by atoms with E-state index in [0.717, 1.165) is 50.2 Å². The van der Waals surface area contributed by atoms with Gasteiger partial charge >= 0.3 is 12.7 Å². The molecule has 310 valence electrons. The first-order valence-electron chi connectivity index (χ1n) is 19.6. The first-order chi connectivity index (χ1) is 27.7. The van der Waals surface area contributed by atoms with Crippen LogP contribution in [0.1, 0.15) is 56.5 Å². The van der Waals surface area contributed by atoms with Crippen molar-refractivity contribution in [3.8, 4) is 17.0 Å². The van der Waals surface area contributed by atoms with E-state index in [2.05, 4.69) is 24.9 Å². The molecule has 2 aromatic heterocycles. The van der Waals surface area contributed by atoms with Gasteiger partial charge in [0.1, 0.15) is 5.60 Å². The monoisotopic (exact) mass is 808 g/mol. The van der Waals surface area contributed by atoms with Crippen LogP contribution in [0.15, 0.2) is 48.9 Å². The molecular weight excluding hydrogens is 760 g/mol. The van der Waals surface area contributed by atoms with Gasteiger partial charge in [-0.3, -0.25) is 14.0 Å². The van der Waals surface area contributed by atoms with Crippen molar-refractivity contribution in [3.05, 3.63) is 71.7 Å². The number of rotatable bonds is 10. The normalized spacial score (nSPS) is 17.2. The van der Waals surface area contributed by atoms with Crippen molar-refractivity contribution in [2.24, 2.45) is 11.8 Å². The van der Waals surface area contributed by atoms with Gasteiger partial charge in [-0.1, -0.05) is 6.92 Å². The third kappa shape index (κ3) is 8.83. The molecule has 3 aliphatic heterocycles. The zero-order valence-electron chi connectivity index (χ0n) is 33.0. The van der Waals surface area contributed by atoms with Gasteiger partial charge in [0.25, 0.3) is 5.91 Å². The maximum atomic E-state index is 15.0. The van der Waals surface area contributed by atoms with Gasteiger partial charge < -0.3 is 34.4 Å². The standard InChI is InChI=1S/C41H48F4N8O5/c1-5-26-20-28(48-35-36-47-21-31(53(36)15-12-46-35)30-8-9-32(57-39(44)45)34(43)33(30)42)6-7-29(26)38(55)51-18-16-50(17-19-51)37(54)27-10-13-49(14-11-27)22-25-23-52(24-25)40(56)58-41(2,3)4/h6-9,12,15,20-21,25,27,39H,5,10-11,13-14,16-19,22-24H2,1-4H3,(H,46,48). The summed E-state index contributed by atoms with van der Waals surface area (Å²) in [5.41, 5.74) is 1.74. The number of anilines is 2. The van der Waals surface area contributed by atoms with Gasteiger partial charge in [-0.2, -0.15) is 13.2 Å². The van der Waals surface area contributed by atoms with E-state index in [9.17, 15) is 31.9 Å². The second-order valence-electron chi connectivity index (χ2n) is 16.0. The number of piperidine rings is 1. The molecule has 0 aliphatic carbocycles. The lowest BCUT2D eigenvalue weighted by Gasteiger charge is -2.43. The van der Waals surface area contributed by atoms with Crippen molar-refractivity contribution in [1.82, 2.24) is 34.0 Å². The summed E-state index contributed by atoms with van der Waals surface area (Å²) in [6.07, 6.45) is 6.18. The number of hydrogen-bond acceptors (Lipinski definition) is 9. The number of aryl methyl sites for hydroxylation is 1. The fourth-order valence-corrected chi connectivity index (χ4v) is 7.88. The maximum Gasteiger partial charge on any atom is 0.410 e. The van der Waals surface area contributed by atoms with Crippen LogP contribution >= 0.6 is 0 Å². The average molecular weight is 809 g/mol. The Balaban J connectivity index is 0.914. The number of piperazine rings is 1. The van der Waals surface area contributed by atoms with Gasteiger partial charge in [0, 0.05) is 86.9 Å². The molecular formula is C41H48F4N8O5. The molecule has 0 unspecified atom stereocenters. The van der Waals surface area contributed by atoms with Gasteiger partial charge in [-0.25, -0.2) is 19.2 Å². The van der Waals surface area contributed by atoms with E-state index in [0.29, 0.717) is 74.3 Å². The molecule has 7 rings (SSSR count). The molecule has 0 radical (unpaired) electrons. The van der Waals surface area contributed by atoms with Crippen molar-refractivity contribution < 1.29 is 41.4 Å². The van der Waals surface area contributed by atoms with Crippen LogP contribution in [0, 0.1) is 23.5 Å². The number of carbonyl (C=O) groups is 3. The number of benzene rings is 2. The van der Waals surface area contributed by atoms with E-state index in [1.807, 2.05) is 38.7 Å². The Morgan fingerprint density at radius 1 is 0.914 bits per heavy atom. The zero-order valence-corrected chi connectivity index (χ0v) is 33.0. The highest BCUT2D eigenvalue weighted by atomic mass is 19.3. The number of carbonyl (C=O) groups excluding carboxylic acids is 3. The molecule has 13 nitrogen and oxygen atoms in total. The Kier molecular flexibility index (Phi) is 11.8. The lowest BCUT2D eigenvalue weighted by Crippen LogP contribution is -2.56. The Morgan fingerprint density at radius 3 is 2.29 bits per heavy atom. The highest BCUT2D eigenvalue weighted by Crippen LogP contribution is 2.33. The number of likely N-dealkylation sites (tertiary alicyclic amines) is 2. The van der Waals surface area contributed by atoms with Crippen molar-refractivity contribution in [2.45, 2.75) is 59.2 Å². The molecule has 0 atom stereocenters. The quantitative estimate of drug-likeness (QED) is 0.180. The molecule has 0 spiro atoms. The van der Waals surface area contributed by atoms with Crippen LogP contribution in [0.2, 0.25) is 0 Å². The van der Waals surface area contributed by atoms with E-state index in [1.54, 1.807) is 21.9 Å². The van der Waals surface area contributed by atoms with Crippen LogP contribution < -0.4 is 10.1 Å². The number of alkyl halides is 2. The lowest BCUT2D eigenvalue weighted by molar-refractivity contribution is -0.138. The van der Waals surface area contributed by atoms with Crippen LogP contribution in [0.25, 0.3) is 16.9 Å². The topological polar surface area (TPSA) is 125 Å². The Bertz CT molecular complexity index is 2160.